The SMILES string of the molecule is CCS[C@@H]1CC[C@H](NC(=O)N2CCN(CC)CC2)C1. The van der Waals surface area contributed by atoms with Gasteiger partial charge in [-0.05, 0) is 31.6 Å². The summed E-state index contributed by atoms with van der Waals surface area (Å²) in [6, 6.07) is 0.559. The Kier molecular flexibility index (Phi) is 5.82. The van der Waals surface area contributed by atoms with Crippen molar-refractivity contribution in [1.29, 1.82) is 0 Å². The lowest BCUT2D eigenvalue weighted by molar-refractivity contribution is 0.141. The van der Waals surface area contributed by atoms with Crippen molar-refractivity contribution in [2.24, 2.45) is 0 Å². The Bertz CT molecular complexity index is 292. The first-order chi connectivity index (χ1) is 9.22. The number of carbonyl (C=O) groups excluding carboxylic acids is 1. The van der Waals surface area contributed by atoms with Gasteiger partial charge in [0.1, 0.15) is 0 Å². The zero-order chi connectivity index (χ0) is 13.7. The van der Waals surface area contributed by atoms with Crippen LogP contribution in [0.5, 0.6) is 0 Å². The third-order valence-corrected chi connectivity index (χ3v) is 5.45. The summed E-state index contributed by atoms with van der Waals surface area (Å²) < 4.78 is 0. The molecule has 0 bridgehead atoms. The number of piperazine rings is 1. The Morgan fingerprint density at radius 3 is 2.58 bits per heavy atom. The molecule has 1 heterocycles. The maximum absolute atomic E-state index is 12.2. The van der Waals surface area contributed by atoms with Crippen molar-refractivity contribution in [3.8, 4) is 0 Å². The molecule has 1 N–H and O–H groups in total. The van der Waals surface area contributed by atoms with Gasteiger partial charge in [0.25, 0.3) is 0 Å². The lowest BCUT2D eigenvalue weighted by Crippen LogP contribution is -2.53. The Morgan fingerprint density at radius 1 is 1.21 bits per heavy atom. The van der Waals surface area contributed by atoms with Crippen LogP contribution in [0.1, 0.15) is 33.1 Å². The number of rotatable bonds is 4. The first kappa shape index (κ1) is 15.0. The van der Waals surface area contributed by atoms with Gasteiger partial charge in [0.15, 0.2) is 0 Å². The normalized spacial score (nSPS) is 28.6. The van der Waals surface area contributed by atoms with Crippen molar-refractivity contribution in [2.75, 3.05) is 38.5 Å². The van der Waals surface area contributed by atoms with E-state index < -0.39 is 0 Å². The average Bonchev–Trinajstić information content (AvgIpc) is 2.86. The molecular weight excluding hydrogens is 258 g/mol. The maximum Gasteiger partial charge on any atom is 0.317 e. The third kappa shape index (κ3) is 4.28. The van der Waals surface area contributed by atoms with Crippen LogP contribution in [0.25, 0.3) is 0 Å². The van der Waals surface area contributed by atoms with Crippen molar-refractivity contribution in [3.63, 3.8) is 0 Å². The minimum absolute atomic E-state index is 0.155. The van der Waals surface area contributed by atoms with E-state index in [1.54, 1.807) is 0 Å². The van der Waals surface area contributed by atoms with Gasteiger partial charge >= 0.3 is 6.03 Å². The van der Waals surface area contributed by atoms with Gasteiger partial charge in [-0.2, -0.15) is 11.8 Å². The molecule has 2 fully saturated rings. The van der Waals surface area contributed by atoms with E-state index in [0.29, 0.717) is 6.04 Å². The fourth-order valence-corrected chi connectivity index (χ4v) is 4.13. The van der Waals surface area contributed by atoms with Gasteiger partial charge in [-0.15, -0.1) is 0 Å². The number of hydrogen-bond donors (Lipinski definition) is 1. The van der Waals surface area contributed by atoms with Crippen LogP contribution in [0.4, 0.5) is 4.79 Å². The molecule has 0 aromatic carbocycles. The number of amides is 2. The Labute approximate surface area is 121 Å². The predicted molar refractivity (Wildman–Crippen MR) is 81.8 cm³/mol. The summed E-state index contributed by atoms with van der Waals surface area (Å²) in [6.07, 6.45) is 3.56. The highest BCUT2D eigenvalue weighted by Gasteiger charge is 2.28. The third-order valence-electron chi connectivity index (χ3n) is 4.22. The van der Waals surface area contributed by atoms with Crippen molar-refractivity contribution >= 4 is 17.8 Å². The monoisotopic (exact) mass is 285 g/mol. The Hall–Kier alpha value is -0.420. The van der Waals surface area contributed by atoms with Gasteiger partial charge in [-0.25, -0.2) is 4.79 Å². The summed E-state index contributed by atoms with van der Waals surface area (Å²) >= 11 is 2.04. The lowest BCUT2D eigenvalue weighted by Gasteiger charge is -2.34. The van der Waals surface area contributed by atoms with Crippen molar-refractivity contribution in [1.82, 2.24) is 15.1 Å². The molecule has 1 saturated heterocycles. The average molecular weight is 285 g/mol. The largest absolute Gasteiger partial charge is 0.335 e. The molecule has 1 aliphatic heterocycles. The molecule has 0 aromatic heterocycles. The summed E-state index contributed by atoms with van der Waals surface area (Å²) in [6.45, 7) is 9.27. The van der Waals surface area contributed by atoms with Crippen molar-refractivity contribution in [3.05, 3.63) is 0 Å². The second kappa shape index (κ2) is 7.39. The van der Waals surface area contributed by atoms with Gasteiger partial charge in [0.2, 0.25) is 0 Å². The number of hydrogen-bond acceptors (Lipinski definition) is 3. The molecule has 2 aliphatic rings. The van der Waals surface area contributed by atoms with E-state index in [0.717, 1.165) is 50.8 Å². The summed E-state index contributed by atoms with van der Waals surface area (Å²) in [7, 11) is 0. The zero-order valence-electron chi connectivity index (χ0n) is 12.2. The zero-order valence-corrected chi connectivity index (χ0v) is 13.0. The van der Waals surface area contributed by atoms with Crippen LogP contribution < -0.4 is 5.32 Å². The van der Waals surface area contributed by atoms with Gasteiger partial charge in [-0.1, -0.05) is 13.8 Å². The number of thioether (sulfide) groups is 1. The Morgan fingerprint density at radius 2 is 1.95 bits per heavy atom. The Balaban J connectivity index is 1.70. The molecular formula is C14H27N3OS. The first-order valence-corrected chi connectivity index (χ1v) is 8.67. The molecule has 2 rings (SSSR count). The molecule has 0 aromatic rings. The lowest BCUT2D eigenvalue weighted by atomic mass is 10.2. The topological polar surface area (TPSA) is 35.6 Å². The molecule has 2 amide bonds. The number of carbonyl (C=O) groups is 1. The van der Waals surface area contributed by atoms with Crippen LogP contribution in [0.3, 0.4) is 0 Å². The second-order valence-electron chi connectivity index (χ2n) is 5.46. The number of nitrogens with one attached hydrogen (secondary N) is 1. The van der Waals surface area contributed by atoms with E-state index >= 15 is 0 Å². The molecule has 110 valence electrons. The highest BCUT2D eigenvalue weighted by atomic mass is 32.2. The minimum atomic E-state index is 0.155. The van der Waals surface area contributed by atoms with Crippen LogP contribution in [-0.4, -0.2) is 65.6 Å². The standard InChI is InChI=1S/C14H27N3OS/c1-3-16-7-9-17(10-8-16)14(18)15-12-5-6-13(11-12)19-4-2/h12-13H,3-11H2,1-2H3,(H,15,18)/t12-,13+/m0/s1. The van der Waals surface area contributed by atoms with Crippen LogP contribution in [0, 0.1) is 0 Å². The molecule has 0 spiro atoms. The maximum atomic E-state index is 12.2. The first-order valence-electron chi connectivity index (χ1n) is 7.62. The van der Waals surface area contributed by atoms with Gasteiger partial charge in [-0.3, -0.25) is 0 Å². The van der Waals surface area contributed by atoms with Crippen LogP contribution in [0.15, 0.2) is 0 Å². The van der Waals surface area contributed by atoms with Crippen LogP contribution in [-0.2, 0) is 0 Å². The van der Waals surface area contributed by atoms with E-state index in [-0.39, 0.29) is 6.03 Å². The van der Waals surface area contributed by atoms with E-state index in [1.807, 2.05) is 16.7 Å². The number of urea groups is 1. The fraction of sp³-hybridized carbons (Fsp3) is 0.929. The van der Waals surface area contributed by atoms with Crippen LogP contribution in [0.2, 0.25) is 0 Å². The smallest absolute Gasteiger partial charge is 0.317 e. The minimum Gasteiger partial charge on any atom is -0.335 e. The summed E-state index contributed by atoms with van der Waals surface area (Å²) in [5, 5.41) is 3.98. The number of nitrogens with zero attached hydrogens (tertiary/aromatic N) is 2. The van der Waals surface area contributed by atoms with Gasteiger partial charge < -0.3 is 15.1 Å². The van der Waals surface area contributed by atoms with E-state index in [1.165, 1.54) is 12.2 Å². The van der Waals surface area contributed by atoms with Crippen molar-refractivity contribution in [2.45, 2.75) is 44.4 Å². The van der Waals surface area contributed by atoms with Crippen molar-refractivity contribution < 1.29 is 4.79 Å². The summed E-state index contributed by atoms with van der Waals surface area (Å²) in [5.74, 6) is 1.18. The second-order valence-corrected chi connectivity index (χ2v) is 7.04. The molecule has 0 radical (unpaired) electrons. The van der Waals surface area contributed by atoms with Gasteiger partial charge in [0, 0.05) is 37.5 Å². The fourth-order valence-electron chi connectivity index (χ4n) is 2.99. The summed E-state index contributed by atoms with van der Waals surface area (Å²) in [5.41, 5.74) is 0. The molecule has 19 heavy (non-hydrogen) atoms. The van der Waals surface area contributed by atoms with E-state index in [9.17, 15) is 4.79 Å². The van der Waals surface area contributed by atoms with Gasteiger partial charge in [0.05, 0.1) is 0 Å². The predicted octanol–water partition coefficient (Wildman–Crippen LogP) is 2.01. The molecule has 2 atom stereocenters. The molecule has 1 aliphatic carbocycles. The molecule has 0 unspecified atom stereocenters. The van der Waals surface area contributed by atoms with Crippen LogP contribution >= 0.6 is 11.8 Å². The van der Waals surface area contributed by atoms with E-state index in [4.69, 9.17) is 0 Å². The quantitative estimate of drug-likeness (QED) is 0.858. The highest BCUT2D eigenvalue weighted by Crippen LogP contribution is 2.29. The molecule has 4 nitrogen and oxygen atoms in total. The highest BCUT2D eigenvalue weighted by molar-refractivity contribution is 7.99. The number of likely N-dealkylation sites (N-methyl/N-ethyl adjacent to an activating group) is 1. The molecule has 1 saturated carbocycles. The summed E-state index contributed by atoms with van der Waals surface area (Å²) in [4.78, 5) is 16.6. The van der Waals surface area contributed by atoms with E-state index in [2.05, 4.69) is 24.1 Å². The molecule has 5 heteroatoms.